The zero-order valence-corrected chi connectivity index (χ0v) is 14.6. The summed E-state index contributed by atoms with van der Waals surface area (Å²) < 4.78 is 5.80. The number of hydrogen-bond acceptors (Lipinski definition) is 3. The minimum atomic E-state index is -0.690. The van der Waals surface area contributed by atoms with Crippen LogP contribution in [0.5, 0.6) is 0 Å². The minimum absolute atomic E-state index is 0.0267. The number of benzene rings is 1. The van der Waals surface area contributed by atoms with Gasteiger partial charge in [-0.25, -0.2) is 4.79 Å². The molecule has 1 fully saturated rings. The second kappa shape index (κ2) is 7.66. The van der Waals surface area contributed by atoms with Crippen molar-refractivity contribution in [1.82, 2.24) is 10.2 Å². The van der Waals surface area contributed by atoms with Crippen LogP contribution in [-0.4, -0.2) is 48.7 Å². The molecule has 0 radical (unpaired) electrons. The van der Waals surface area contributed by atoms with Gasteiger partial charge >= 0.3 is 6.03 Å². The first kappa shape index (κ1) is 18.3. The van der Waals surface area contributed by atoms with Crippen LogP contribution in [0.3, 0.4) is 0 Å². The molecule has 6 nitrogen and oxygen atoms in total. The van der Waals surface area contributed by atoms with Crippen molar-refractivity contribution in [3.8, 4) is 0 Å². The van der Waals surface area contributed by atoms with Crippen molar-refractivity contribution in [2.45, 2.75) is 39.3 Å². The lowest BCUT2D eigenvalue weighted by Gasteiger charge is -2.40. The van der Waals surface area contributed by atoms with Crippen LogP contribution >= 0.6 is 0 Å². The second-order valence-electron chi connectivity index (χ2n) is 7.26. The maximum absolute atomic E-state index is 12.9. The van der Waals surface area contributed by atoms with Crippen LogP contribution in [0, 0.1) is 5.41 Å². The van der Waals surface area contributed by atoms with Crippen molar-refractivity contribution >= 4 is 11.9 Å². The summed E-state index contributed by atoms with van der Waals surface area (Å²) in [6, 6.07) is 8.24. The first-order valence-corrected chi connectivity index (χ1v) is 8.27. The lowest BCUT2D eigenvalue weighted by Crippen LogP contribution is -2.56. The fraction of sp³-hybridized carbons (Fsp3) is 0.556. The number of primary amides is 1. The van der Waals surface area contributed by atoms with Crippen molar-refractivity contribution in [2.75, 3.05) is 19.7 Å². The number of nitrogens with zero attached hydrogens (tertiary/aromatic N) is 1. The molecule has 0 saturated carbocycles. The number of carbonyl (C=O) groups excluding carboxylic acids is 2. The second-order valence-corrected chi connectivity index (χ2v) is 7.26. The fourth-order valence-corrected chi connectivity index (χ4v) is 2.82. The number of rotatable bonds is 4. The first-order valence-electron chi connectivity index (χ1n) is 8.27. The Bertz CT molecular complexity index is 569. The summed E-state index contributed by atoms with van der Waals surface area (Å²) in [7, 11) is 0. The number of urea groups is 1. The molecule has 1 saturated heterocycles. The summed E-state index contributed by atoms with van der Waals surface area (Å²) in [5.74, 6) is -0.116. The Kier molecular flexibility index (Phi) is 5.83. The van der Waals surface area contributed by atoms with Crippen LogP contribution in [0.25, 0.3) is 0 Å². The maximum Gasteiger partial charge on any atom is 0.312 e. The van der Waals surface area contributed by atoms with Crippen molar-refractivity contribution in [3.05, 3.63) is 35.9 Å². The van der Waals surface area contributed by atoms with E-state index in [2.05, 4.69) is 26.1 Å². The van der Waals surface area contributed by atoms with Gasteiger partial charge in [0.2, 0.25) is 5.91 Å². The molecule has 1 heterocycles. The molecule has 1 aliphatic rings. The Morgan fingerprint density at radius 3 is 2.58 bits per heavy atom. The monoisotopic (exact) mass is 333 g/mol. The van der Waals surface area contributed by atoms with E-state index in [4.69, 9.17) is 10.5 Å². The highest BCUT2D eigenvalue weighted by atomic mass is 16.5. The van der Waals surface area contributed by atoms with E-state index in [0.29, 0.717) is 26.1 Å². The van der Waals surface area contributed by atoms with Gasteiger partial charge in [-0.15, -0.1) is 0 Å². The van der Waals surface area contributed by atoms with Gasteiger partial charge in [0.1, 0.15) is 6.04 Å². The van der Waals surface area contributed by atoms with Crippen LogP contribution in [0.4, 0.5) is 4.79 Å². The molecule has 2 rings (SSSR count). The smallest absolute Gasteiger partial charge is 0.312 e. The summed E-state index contributed by atoms with van der Waals surface area (Å²) in [6.45, 7) is 7.83. The molecule has 0 spiro atoms. The molecule has 1 aromatic rings. The predicted octanol–water partition coefficient (Wildman–Crippen LogP) is 1.54. The van der Waals surface area contributed by atoms with E-state index < -0.39 is 12.1 Å². The quantitative estimate of drug-likeness (QED) is 0.876. The molecule has 2 atom stereocenters. The van der Waals surface area contributed by atoms with E-state index in [1.807, 2.05) is 30.3 Å². The molecule has 2 unspecified atom stereocenters. The molecule has 24 heavy (non-hydrogen) atoms. The highest BCUT2D eigenvalue weighted by Crippen LogP contribution is 2.25. The van der Waals surface area contributed by atoms with E-state index in [9.17, 15) is 9.59 Å². The fourth-order valence-electron chi connectivity index (χ4n) is 2.82. The topological polar surface area (TPSA) is 84.7 Å². The molecule has 6 heteroatoms. The molecule has 0 aromatic heterocycles. The maximum atomic E-state index is 12.9. The predicted molar refractivity (Wildman–Crippen MR) is 92.4 cm³/mol. The SMILES string of the molecule is CC(C)(C)C1CN(C(=O)C(Cc2ccccc2)NC(N)=O)CCO1. The summed E-state index contributed by atoms with van der Waals surface area (Å²) in [5.41, 5.74) is 6.19. The number of nitrogens with one attached hydrogen (secondary N) is 1. The van der Waals surface area contributed by atoms with Crippen molar-refractivity contribution in [2.24, 2.45) is 11.1 Å². The van der Waals surface area contributed by atoms with Crippen molar-refractivity contribution in [1.29, 1.82) is 0 Å². The number of carbonyl (C=O) groups is 2. The zero-order valence-electron chi connectivity index (χ0n) is 14.6. The van der Waals surface area contributed by atoms with E-state index in [1.54, 1.807) is 4.90 Å². The van der Waals surface area contributed by atoms with Gasteiger partial charge in [0, 0.05) is 19.5 Å². The Balaban J connectivity index is 2.10. The molecule has 0 bridgehead atoms. The van der Waals surface area contributed by atoms with Crippen LogP contribution in [0.15, 0.2) is 30.3 Å². The third-order valence-electron chi connectivity index (χ3n) is 4.24. The highest BCUT2D eigenvalue weighted by molar-refractivity contribution is 5.87. The van der Waals surface area contributed by atoms with Gasteiger partial charge in [-0.3, -0.25) is 4.79 Å². The van der Waals surface area contributed by atoms with E-state index in [-0.39, 0.29) is 17.4 Å². The number of morpholine rings is 1. The van der Waals surface area contributed by atoms with E-state index in [1.165, 1.54) is 0 Å². The number of nitrogens with two attached hydrogens (primary N) is 1. The summed E-state index contributed by atoms with van der Waals surface area (Å²) in [5, 5.41) is 2.59. The van der Waals surface area contributed by atoms with Gasteiger partial charge < -0.3 is 20.7 Å². The van der Waals surface area contributed by atoms with Crippen LogP contribution in [-0.2, 0) is 16.0 Å². The standard InChI is InChI=1S/C18H27N3O3/c1-18(2,3)15-12-21(9-10-24-15)16(22)14(20-17(19)23)11-13-7-5-4-6-8-13/h4-8,14-15H,9-12H2,1-3H3,(H3,19,20,23). The lowest BCUT2D eigenvalue weighted by molar-refractivity contribution is -0.145. The third-order valence-corrected chi connectivity index (χ3v) is 4.24. The van der Waals surface area contributed by atoms with Crippen molar-refractivity contribution in [3.63, 3.8) is 0 Å². The summed E-state index contributed by atoms with van der Waals surface area (Å²) in [4.78, 5) is 26.0. The molecule has 132 valence electrons. The lowest BCUT2D eigenvalue weighted by atomic mass is 9.88. The molecule has 3 amide bonds. The molecular weight excluding hydrogens is 306 g/mol. The van der Waals surface area contributed by atoms with Gasteiger partial charge in [0.15, 0.2) is 0 Å². The average Bonchev–Trinajstić information content (AvgIpc) is 2.53. The summed E-state index contributed by atoms with van der Waals surface area (Å²) >= 11 is 0. The number of ether oxygens (including phenoxy) is 1. The van der Waals surface area contributed by atoms with Crippen molar-refractivity contribution < 1.29 is 14.3 Å². The molecule has 0 aliphatic carbocycles. The third kappa shape index (κ3) is 4.96. The minimum Gasteiger partial charge on any atom is -0.374 e. The molecule has 1 aliphatic heterocycles. The van der Waals surface area contributed by atoms with Gasteiger partial charge in [-0.05, 0) is 11.0 Å². The Morgan fingerprint density at radius 2 is 2.00 bits per heavy atom. The number of amides is 3. The van der Waals surface area contributed by atoms with Crippen LogP contribution in [0.2, 0.25) is 0 Å². The van der Waals surface area contributed by atoms with Crippen LogP contribution < -0.4 is 11.1 Å². The Labute approximate surface area is 143 Å². The number of hydrogen-bond donors (Lipinski definition) is 2. The van der Waals surface area contributed by atoms with Gasteiger partial charge in [-0.2, -0.15) is 0 Å². The normalized spacial score (nSPS) is 19.6. The van der Waals surface area contributed by atoms with Crippen LogP contribution in [0.1, 0.15) is 26.3 Å². The Morgan fingerprint density at radius 1 is 1.33 bits per heavy atom. The van der Waals surface area contributed by atoms with E-state index in [0.717, 1.165) is 5.56 Å². The Hall–Kier alpha value is -2.08. The summed E-state index contributed by atoms with van der Waals surface area (Å²) in [6.07, 6.45) is 0.390. The molecule has 3 N–H and O–H groups in total. The first-order chi connectivity index (χ1) is 11.3. The highest BCUT2D eigenvalue weighted by Gasteiger charge is 2.35. The molecule has 1 aromatic carbocycles. The van der Waals surface area contributed by atoms with Gasteiger partial charge in [0.05, 0.1) is 12.7 Å². The largest absolute Gasteiger partial charge is 0.374 e. The van der Waals surface area contributed by atoms with Gasteiger partial charge in [0.25, 0.3) is 0 Å². The zero-order chi connectivity index (χ0) is 17.7. The van der Waals surface area contributed by atoms with Gasteiger partial charge in [-0.1, -0.05) is 51.1 Å². The molecular formula is C18H27N3O3. The average molecular weight is 333 g/mol. The van der Waals surface area contributed by atoms with E-state index >= 15 is 0 Å².